The Kier molecular flexibility index (Phi) is 2.22. The molecule has 3 nitrogen and oxygen atoms in total. The van der Waals surface area contributed by atoms with Crippen molar-refractivity contribution in [3.8, 4) is 0 Å². The second-order valence-electron chi connectivity index (χ2n) is 3.03. The smallest absolute Gasteiger partial charge is 0.221 e. The maximum Gasteiger partial charge on any atom is 0.221 e. The Morgan fingerprint density at radius 1 is 1.69 bits per heavy atom. The van der Waals surface area contributed by atoms with Gasteiger partial charge in [0.05, 0.1) is 12.1 Å². The van der Waals surface area contributed by atoms with Gasteiger partial charge in [0.25, 0.3) is 0 Å². The molecule has 2 heterocycles. The number of pyridine rings is 1. The highest BCUT2D eigenvalue weighted by atomic mass is 32.2. The van der Waals surface area contributed by atoms with Gasteiger partial charge in [-0.2, -0.15) is 0 Å². The van der Waals surface area contributed by atoms with E-state index in [1.54, 1.807) is 18.0 Å². The molecule has 0 saturated carbocycles. The first-order valence-corrected chi connectivity index (χ1v) is 5.13. The van der Waals surface area contributed by atoms with Gasteiger partial charge in [-0.05, 0) is 11.6 Å². The van der Waals surface area contributed by atoms with Crippen LogP contribution >= 0.6 is 11.8 Å². The molecule has 0 aliphatic carbocycles. The molecule has 0 unspecified atom stereocenters. The third kappa shape index (κ3) is 1.83. The van der Waals surface area contributed by atoms with E-state index in [2.05, 4.69) is 4.98 Å². The van der Waals surface area contributed by atoms with Gasteiger partial charge in [0.2, 0.25) is 5.91 Å². The molecule has 0 saturated heterocycles. The molecule has 0 spiro atoms. The van der Waals surface area contributed by atoms with Crippen molar-refractivity contribution in [1.82, 2.24) is 4.98 Å². The normalized spacial score (nSPS) is 14.2. The highest BCUT2D eigenvalue weighted by Crippen LogP contribution is 2.30. The monoisotopic (exact) mass is 194 g/mol. The van der Waals surface area contributed by atoms with Gasteiger partial charge < -0.3 is 5.73 Å². The van der Waals surface area contributed by atoms with Gasteiger partial charge >= 0.3 is 0 Å². The zero-order valence-electron chi connectivity index (χ0n) is 7.12. The maximum atomic E-state index is 10.7. The van der Waals surface area contributed by atoms with E-state index in [0.717, 1.165) is 23.4 Å². The first-order chi connectivity index (χ1) is 6.25. The van der Waals surface area contributed by atoms with Crippen LogP contribution in [0.2, 0.25) is 0 Å². The van der Waals surface area contributed by atoms with Crippen molar-refractivity contribution in [3.63, 3.8) is 0 Å². The van der Waals surface area contributed by atoms with Crippen LogP contribution in [0, 0.1) is 0 Å². The molecule has 1 aliphatic rings. The minimum Gasteiger partial charge on any atom is -0.369 e. The van der Waals surface area contributed by atoms with Crippen LogP contribution < -0.4 is 5.73 Å². The lowest BCUT2D eigenvalue weighted by Crippen LogP contribution is -2.13. The Balaban J connectivity index is 2.25. The van der Waals surface area contributed by atoms with Crippen molar-refractivity contribution in [3.05, 3.63) is 23.5 Å². The topological polar surface area (TPSA) is 56.0 Å². The van der Waals surface area contributed by atoms with Crippen LogP contribution in [0.1, 0.15) is 11.3 Å². The van der Waals surface area contributed by atoms with E-state index in [0.29, 0.717) is 6.42 Å². The fourth-order valence-electron chi connectivity index (χ4n) is 1.38. The van der Waals surface area contributed by atoms with Crippen molar-refractivity contribution < 1.29 is 4.79 Å². The van der Waals surface area contributed by atoms with Gasteiger partial charge in [-0.3, -0.25) is 9.78 Å². The Morgan fingerprint density at radius 2 is 2.54 bits per heavy atom. The van der Waals surface area contributed by atoms with Crippen molar-refractivity contribution >= 4 is 17.7 Å². The molecule has 68 valence electrons. The molecule has 0 fully saturated rings. The Bertz CT molecular complexity index is 351. The predicted molar refractivity (Wildman–Crippen MR) is 51.6 cm³/mol. The van der Waals surface area contributed by atoms with E-state index >= 15 is 0 Å². The zero-order chi connectivity index (χ0) is 9.26. The van der Waals surface area contributed by atoms with Crippen LogP contribution in [0.15, 0.2) is 17.2 Å². The van der Waals surface area contributed by atoms with Gasteiger partial charge in [0, 0.05) is 23.3 Å². The van der Waals surface area contributed by atoms with Crippen molar-refractivity contribution in [2.75, 3.05) is 5.75 Å². The fraction of sp³-hybridized carbons (Fsp3) is 0.333. The first kappa shape index (κ1) is 8.56. The molecular formula is C9H10N2OS. The van der Waals surface area contributed by atoms with Crippen LogP contribution in [0.25, 0.3) is 0 Å². The van der Waals surface area contributed by atoms with Crippen LogP contribution in [0.3, 0.4) is 0 Å². The Morgan fingerprint density at radius 3 is 3.31 bits per heavy atom. The van der Waals surface area contributed by atoms with Crippen LogP contribution in [0.5, 0.6) is 0 Å². The molecule has 0 radical (unpaired) electrons. The molecule has 2 rings (SSSR count). The Hall–Kier alpha value is -1.03. The lowest BCUT2D eigenvalue weighted by molar-refractivity contribution is -0.117. The van der Waals surface area contributed by atoms with Crippen molar-refractivity contribution in [2.45, 2.75) is 17.7 Å². The molecule has 0 atom stereocenters. The highest BCUT2D eigenvalue weighted by Gasteiger charge is 2.13. The second-order valence-corrected chi connectivity index (χ2v) is 4.17. The molecule has 2 N–H and O–H groups in total. The third-order valence-electron chi connectivity index (χ3n) is 1.96. The third-order valence-corrected chi connectivity index (χ3v) is 3.03. The summed E-state index contributed by atoms with van der Waals surface area (Å²) in [7, 11) is 0. The number of fused-ring (bicyclic) bond motifs is 1. The van der Waals surface area contributed by atoms with E-state index in [4.69, 9.17) is 5.73 Å². The van der Waals surface area contributed by atoms with Crippen LogP contribution in [-0.2, 0) is 17.6 Å². The summed E-state index contributed by atoms with van der Waals surface area (Å²) in [6.07, 6.45) is 3.08. The second kappa shape index (κ2) is 3.38. The fourth-order valence-corrected chi connectivity index (χ4v) is 2.45. The molecule has 0 aromatic carbocycles. The van der Waals surface area contributed by atoms with E-state index in [1.807, 2.05) is 6.07 Å². The summed E-state index contributed by atoms with van der Waals surface area (Å²) in [4.78, 5) is 16.1. The van der Waals surface area contributed by atoms with E-state index in [9.17, 15) is 4.79 Å². The molecule has 13 heavy (non-hydrogen) atoms. The van der Waals surface area contributed by atoms with Gasteiger partial charge in [-0.25, -0.2) is 0 Å². The standard InChI is InChI=1S/C9H10N2OS/c10-9(12)4-6-3-8-7(11-5-6)1-2-13-8/h3,5H,1-2,4H2,(H2,10,12). The summed E-state index contributed by atoms with van der Waals surface area (Å²) in [5.74, 6) is 0.798. The number of nitrogens with two attached hydrogens (primary N) is 1. The van der Waals surface area contributed by atoms with Gasteiger partial charge in [-0.1, -0.05) is 0 Å². The van der Waals surface area contributed by atoms with Crippen LogP contribution in [0.4, 0.5) is 0 Å². The number of hydrogen-bond donors (Lipinski definition) is 1. The minimum absolute atomic E-state index is 0.292. The molecular weight excluding hydrogens is 184 g/mol. The molecule has 4 heteroatoms. The zero-order valence-corrected chi connectivity index (χ0v) is 7.93. The number of carbonyl (C=O) groups excluding carboxylic acids is 1. The summed E-state index contributed by atoms with van der Waals surface area (Å²) >= 11 is 1.79. The minimum atomic E-state index is -0.301. The Labute approximate surface area is 80.7 Å². The molecule has 1 aliphatic heterocycles. The first-order valence-electron chi connectivity index (χ1n) is 4.14. The van der Waals surface area contributed by atoms with E-state index in [1.165, 1.54) is 4.90 Å². The van der Waals surface area contributed by atoms with E-state index < -0.39 is 0 Å². The summed E-state index contributed by atoms with van der Waals surface area (Å²) in [6, 6.07) is 2.02. The summed E-state index contributed by atoms with van der Waals surface area (Å²) in [6.45, 7) is 0. The molecule has 1 amide bonds. The van der Waals surface area contributed by atoms with Gasteiger partial charge in [0.1, 0.15) is 0 Å². The average molecular weight is 194 g/mol. The van der Waals surface area contributed by atoms with Gasteiger partial charge in [0.15, 0.2) is 0 Å². The van der Waals surface area contributed by atoms with Gasteiger partial charge in [-0.15, -0.1) is 11.8 Å². The number of primary amides is 1. The number of hydrogen-bond acceptors (Lipinski definition) is 3. The number of carbonyl (C=O) groups is 1. The molecule has 0 bridgehead atoms. The van der Waals surface area contributed by atoms with Crippen LogP contribution in [-0.4, -0.2) is 16.6 Å². The average Bonchev–Trinajstić information content (AvgIpc) is 2.49. The molecule has 1 aromatic heterocycles. The predicted octanol–water partition coefficient (Wildman–Crippen LogP) is 0.758. The van der Waals surface area contributed by atoms with Crippen molar-refractivity contribution in [2.24, 2.45) is 5.73 Å². The lowest BCUT2D eigenvalue weighted by Gasteiger charge is -2.00. The highest BCUT2D eigenvalue weighted by molar-refractivity contribution is 7.99. The SMILES string of the molecule is NC(=O)Cc1cnc2c(c1)SCC2. The van der Waals surface area contributed by atoms with E-state index in [-0.39, 0.29) is 5.91 Å². The summed E-state index contributed by atoms with van der Waals surface area (Å²) < 4.78 is 0. The maximum absolute atomic E-state index is 10.7. The number of nitrogens with zero attached hydrogens (tertiary/aromatic N) is 1. The number of aryl methyl sites for hydroxylation is 1. The number of aromatic nitrogens is 1. The molecule has 1 aromatic rings. The lowest BCUT2D eigenvalue weighted by atomic mass is 10.2. The number of thioether (sulfide) groups is 1. The van der Waals surface area contributed by atoms with Crippen molar-refractivity contribution in [1.29, 1.82) is 0 Å². The largest absolute Gasteiger partial charge is 0.369 e. The quantitative estimate of drug-likeness (QED) is 0.756. The summed E-state index contributed by atoms with van der Waals surface area (Å²) in [5, 5.41) is 0. The number of rotatable bonds is 2. The summed E-state index contributed by atoms with van der Waals surface area (Å²) in [5.41, 5.74) is 7.16. The number of amides is 1.